The Balaban J connectivity index is 0.00000112. The molecule has 1 aliphatic rings. The maximum atomic E-state index is 5.97. The summed E-state index contributed by atoms with van der Waals surface area (Å²) < 4.78 is 5.34. The Morgan fingerprint density at radius 1 is 1.40 bits per heavy atom. The van der Waals surface area contributed by atoms with Gasteiger partial charge in [-0.25, -0.2) is 4.98 Å². The number of halogens is 3. The number of ether oxygens (including phenoxy) is 1. The molecule has 1 saturated heterocycles. The van der Waals surface area contributed by atoms with Crippen LogP contribution in [-0.4, -0.2) is 24.7 Å². The second-order valence-corrected chi connectivity index (χ2v) is 3.84. The summed E-state index contributed by atoms with van der Waals surface area (Å²) >= 11 is 11.7. The fourth-order valence-corrected chi connectivity index (χ4v) is 1.92. The van der Waals surface area contributed by atoms with Crippen LogP contribution in [0, 0.1) is 0 Å². The van der Waals surface area contributed by atoms with Crippen molar-refractivity contribution in [2.45, 2.75) is 6.04 Å². The number of nitrogens with one attached hydrogen (secondary N) is 1. The van der Waals surface area contributed by atoms with Crippen LogP contribution in [-0.2, 0) is 4.74 Å². The SMILES string of the molecule is Cl.Clc1ccc([C@H]2COCCN2)c(Cl)n1. The minimum atomic E-state index is 0. The van der Waals surface area contributed by atoms with E-state index < -0.39 is 0 Å². The van der Waals surface area contributed by atoms with Gasteiger partial charge in [-0.1, -0.05) is 29.3 Å². The van der Waals surface area contributed by atoms with E-state index in [9.17, 15) is 0 Å². The first-order chi connectivity index (χ1) is 6.77. The number of rotatable bonds is 1. The van der Waals surface area contributed by atoms with Gasteiger partial charge in [0.15, 0.2) is 0 Å². The predicted molar refractivity (Wildman–Crippen MR) is 63.1 cm³/mol. The van der Waals surface area contributed by atoms with Gasteiger partial charge in [-0.05, 0) is 6.07 Å². The molecular weight excluding hydrogens is 258 g/mol. The summed E-state index contributed by atoms with van der Waals surface area (Å²) in [6, 6.07) is 3.74. The van der Waals surface area contributed by atoms with Crippen LogP contribution in [0.4, 0.5) is 0 Å². The molecule has 0 radical (unpaired) electrons. The predicted octanol–water partition coefficient (Wildman–Crippen LogP) is 2.47. The molecule has 0 unspecified atom stereocenters. The van der Waals surface area contributed by atoms with Gasteiger partial charge >= 0.3 is 0 Å². The average Bonchev–Trinajstić information content (AvgIpc) is 2.19. The molecular formula is C9H11Cl3N2O. The first kappa shape index (κ1) is 13.0. The zero-order valence-electron chi connectivity index (χ0n) is 7.87. The number of hydrogen-bond acceptors (Lipinski definition) is 3. The highest BCUT2D eigenvalue weighted by atomic mass is 35.5. The zero-order valence-corrected chi connectivity index (χ0v) is 10.2. The highest BCUT2D eigenvalue weighted by Crippen LogP contribution is 2.24. The van der Waals surface area contributed by atoms with E-state index in [1.165, 1.54) is 0 Å². The highest BCUT2D eigenvalue weighted by Gasteiger charge is 2.18. The van der Waals surface area contributed by atoms with Crippen LogP contribution in [0.2, 0.25) is 10.3 Å². The van der Waals surface area contributed by atoms with E-state index in [-0.39, 0.29) is 18.4 Å². The lowest BCUT2D eigenvalue weighted by Gasteiger charge is -2.24. The molecule has 1 atom stereocenters. The lowest BCUT2D eigenvalue weighted by atomic mass is 10.1. The van der Waals surface area contributed by atoms with E-state index in [1.54, 1.807) is 6.07 Å². The van der Waals surface area contributed by atoms with Gasteiger partial charge in [0.25, 0.3) is 0 Å². The van der Waals surface area contributed by atoms with Crippen molar-refractivity contribution in [1.29, 1.82) is 0 Å². The summed E-state index contributed by atoms with van der Waals surface area (Å²) in [5.74, 6) is 0. The molecule has 0 amide bonds. The number of aromatic nitrogens is 1. The molecule has 0 bridgehead atoms. The van der Waals surface area contributed by atoms with Crippen LogP contribution in [0.3, 0.4) is 0 Å². The second-order valence-electron chi connectivity index (χ2n) is 3.10. The molecule has 0 aromatic carbocycles. The van der Waals surface area contributed by atoms with Crippen molar-refractivity contribution in [1.82, 2.24) is 10.3 Å². The van der Waals surface area contributed by atoms with Gasteiger partial charge in [-0.15, -0.1) is 12.4 Å². The van der Waals surface area contributed by atoms with Gasteiger partial charge < -0.3 is 10.1 Å². The van der Waals surface area contributed by atoms with Crippen LogP contribution in [0.1, 0.15) is 11.6 Å². The van der Waals surface area contributed by atoms with E-state index >= 15 is 0 Å². The molecule has 1 fully saturated rings. The Morgan fingerprint density at radius 2 is 2.20 bits per heavy atom. The minimum absolute atomic E-state index is 0. The fraction of sp³-hybridized carbons (Fsp3) is 0.444. The number of nitrogens with zero attached hydrogens (tertiary/aromatic N) is 1. The molecule has 0 aliphatic carbocycles. The topological polar surface area (TPSA) is 34.1 Å². The van der Waals surface area contributed by atoms with Crippen molar-refractivity contribution < 1.29 is 4.74 Å². The standard InChI is InChI=1S/C9H10Cl2N2O.ClH/c10-8-2-1-6(9(11)13-8)7-5-14-4-3-12-7;/h1-2,7,12H,3-5H2;1H/t7-;/m1./s1. The van der Waals surface area contributed by atoms with Gasteiger partial charge in [0, 0.05) is 12.1 Å². The maximum Gasteiger partial charge on any atom is 0.135 e. The van der Waals surface area contributed by atoms with Crippen LogP contribution in [0.5, 0.6) is 0 Å². The van der Waals surface area contributed by atoms with Crippen LogP contribution in [0.15, 0.2) is 12.1 Å². The molecule has 1 N–H and O–H groups in total. The second kappa shape index (κ2) is 5.87. The average molecular weight is 270 g/mol. The van der Waals surface area contributed by atoms with E-state index in [0.717, 1.165) is 18.7 Å². The Hall–Kier alpha value is -0.0600. The molecule has 2 heterocycles. The molecule has 15 heavy (non-hydrogen) atoms. The number of pyridine rings is 1. The molecule has 1 aliphatic heterocycles. The first-order valence-corrected chi connectivity index (χ1v) is 5.16. The van der Waals surface area contributed by atoms with Crippen molar-refractivity contribution in [3.63, 3.8) is 0 Å². The number of hydrogen-bond donors (Lipinski definition) is 1. The zero-order chi connectivity index (χ0) is 9.97. The van der Waals surface area contributed by atoms with Crippen molar-refractivity contribution in [3.05, 3.63) is 28.0 Å². The molecule has 2 rings (SSSR count). The molecule has 6 heteroatoms. The van der Waals surface area contributed by atoms with E-state index in [1.807, 2.05) is 6.07 Å². The molecule has 84 valence electrons. The van der Waals surface area contributed by atoms with Gasteiger partial charge in [0.2, 0.25) is 0 Å². The van der Waals surface area contributed by atoms with Crippen molar-refractivity contribution in [2.75, 3.05) is 19.8 Å². The largest absolute Gasteiger partial charge is 0.378 e. The molecule has 3 nitrogen and oxygen atoms in total. The van der Waals surface area contributed by atoms with Gasteiger partial charge in [-0.3, -0.25) is 0 Å². The monoisotopic (exact) mass is 268 g/mol. The lowest BCUT2D eigenvalue weighted by molar-refractivity contribution is 0.0768. The molecule has 1 aromatic heterocycles. The van der Waals surface area contributed by atoms with E-state index in [0.29, 0.717) is 16.9 Å². The van der Waals surface area contributed by atoms with Crippen molar-refractivity contribution >= 4 is 35.6 Å². The lowest BCUT2D eigenvalue weighted by Crippen LogP contribution is -2.34. The fourth-order valence-electron chi connectivity index (χ4n) is 1.45. The third-order valence-corrected chi connectivity index (χ3v) is 2.65. The molecule has 0 saturated carbocycles. The maximum absolute atomic E-state index is 5.97. The Bertz CT molecular complexity index is 329. The molecule has 1 aromatic rings. The highest BCUT2D eigenvalue weighted by molar-refractivity contribution is 6.32. The summed E-state index contributed by atoms with van der Waals surface area (Å²) in [6.07, 6.45) is 0. The number of morpholine rings is 1. The summed E-state index contributed by atoms with van der Waals surface area (Å²) in [6.45, 7) is 2.21. The van der Waals surface area contributed by atoms with Gasteiger partial charge in [0.1, 0.15) is 10.3 Å². The quantitative estimate of drug-likeness (QED) is 0.795. The summed E-state index contributed by atoms with van der Waals surface area (Å²) in [5.41, 5.74) is 0.941. The summed E-state index contributed by atoms with van der Waals surface area (Å²) in [4.78, 5) is 3.98. The first-order valence-electron chi connectivity index (χ1n) is 4.40. The molecule has 0 spiro atoms. The van der Waals surface area contributed by atoms with E-state index in [2.05, 4.69) is 10.3 Å². The summed E-state index contributed by atoms with van der Waals surface area (Å²) in [5, 5.41) is 4.16. The van der Waals surface area contributed by atoms with E-state index in [4.69, 9.17) is 27.9 Å². The Morgan fingerprint density at radius 3 is 2.80 bits per heavy atom. The third kappa shape index (κ3) is 3.20. The minimum Gasteiger partial charge on any atom is -0.378 e. The summed E-state index contributed by atoms with van der Waals surface area (Å²) in [7, 11) is 0. The Labute approximate surface area is 105 Å². The van der Waals surface area contributed by atoms with Gasteiger partial charge in [0.05, 0.1) is 19.3 Å². The van der Waals surface area contributed by atoms with Crippen LogP contribution < -0.4 is 5.32 Å². The normalized spacial score (nSPS) is 20.8. The smallest absolute Gasteiger partial charge is 0.135 e. The van der Waals surface area contributed by atoms with Crippen molar-refractivity contribution in [3.8, 4) is 0 Å². The Kier molecular flexibility index (Phi) is 5.09. The third-order valence-electron chi connectivity index (χ3n) is 2.14. The van der Waals surface area contributed by atoms with Crippen LogP contribution in [0.25, 0.3) is 0 Å². The van der Waals surface area contributed by atoms with Crippen molar-refractivity contribution in [2.24, 2.45) is 0 Å². The van der Waals surface area contributed by atoms with Crippen LogP contribution >= 0.6 is 35.6 Å². The van der Waals surface area contributed by atoms with Gasteiger partial charge in [-0.2, -0.15) is 0 Å².